The Morgan fingerprint density at radius 2 is 2.00 bits per heavy atom. The van der Waals surface area contributed by atoms with Gasteiger partial charge in [0.25, 0.3) is 5.91 Å². The quantitative estimate of drug-likeness (QED) is 0.618. The maximum atomic E-state index is 13.0. The van der Waals surface area contributed by atoms with E-state index >= 15 is 0 Å². The first-order valence-electron chi connectivity index (χ1n) is 8.26. The molecule has 3 heterocycles. The van der Waals surface area contributed by atoms with Gasteiger partial charge < -0.3 is 5.32 Å². The van der Waals surface area contributed by atoms with Crippen LogP contribution in [0.15, 0.2) is 73.3 Å². The molecule has 1 N–H and O–H groups in total. The number of aromatic nitrogens is 4. The second-order valence-electron chi connectivity index (χ2n) is 5.99. The van der Waals surface area contributed by atoms with Gasteiger partial charge in [-0.1, -0.05) is 18.2 Å². The number of carbonyl (C=O) groups is 1. The van der Waals surface area contributed by atoms with E-state index in [1.807, 2.05) is 55.7 Å². The van der Waals surface area contributed by atoms with Crippen molar-refractivity contribution >= 4 is 16.8 Å². The number of nitrogens with zero attached hydrogens (tertiary/aromatic N) is 4. The second-order valence-corrected chi connectivity index (χ2v) is 5.99. The highest BCUT2D eigenvalue weighted by Crippen LogP contribution is 2.22. The molecule has 0 saturated carbocycles. The molecule has 0 spiro atoms. The second kappa shape index (κ2) is 6.76. The summed E-state index contributed by atoms with van der Waals surface area (Å²) in [5.41, 5.74) is 3.00. The minimum absolute atomic E-state index is 0.178. The Morgan fingerprint density at radius 1 is 1.08 bits per heavy atom. The van der Waals surface area contributed by atoms with E-state index in [9.17, 15) is 4.79 Å². The predicted molar refractivity (Wildman–Crippen MR) is 98.5 cm³/mol. The number of hydrogen-bond donors (Lipinski definition) is 1. The molecule has 1 atom stereocenters. The maximum absolute atomic E-state index is 13.0. The summed E-state index contributed by atoms with van der Waals surface area (Å²) >= 11 is 0. The Bertz CT molecular complexity index is 1000. The van der Waals surface area contributed by atoms with Crippen LogP contribution in [-0.2, 0) is 7.05 Å². The van der Waals surface area contributed by atoms with Crippen LogP contribution in [0.1, 0.15) is 27.7 Å². The standard InChI is InChI=1S/C20H17N5O/c1-25-13-16-15(7-4-9-17(16)24-25)20(26)23-19(14-6-5-10-21-12-14)18-8-2-3-11-22-18/h2-13,19H,1H3,(H,23,26). The molecule has 0 bridgehead atoms. The van der Waals surface area contributed by atoms with E-state index < -0.39 is 0 Å². The Morgan fingerprint density at radius 3 is 2.77 bits per heavy atom. The normalized spacial score (nSPS) is 12.0. The average molecular weight is 343 g/mol. The van der Waals surface area contributed by atoms with Gasteiger partial charge in [-0.25, -0.2) is 0 Å². The van der Waals surface area contributed by atoms with E-state index in [-0.39, 0.29) is 11.9 Å². The van der Waals surface area contributed by atoms with Gasteiger partial charge in [0.2, 0.25) is 0 Å². The number of benzene rings is 1. The Kier molecular flexibility index (Phi) is 4.15. The van der Waals surface area contributed by atoms with Crippen molar-refractivity contribution in [2.45, 2.75) is 6.04 Å². The lowest BCUT2D eigenvalue weighted by atomic mass is 10.0. The summed E-state index contributed by atoms with van der Waals surface area (Å²) in [6, 6.07) is 14.6. The van der Waals surface area contributed by atoms with Crippen LogP contribution < -0.4 is 5.32 Å². The van der Waals surface area contributed by atoms with Crippen molar-refractivity contribution in [2.24, 2.45) is 7.05 Å². The number of pyridine rings is 2. The number of hydrogen-bond acceptors (Lipinski definition) is 4. The molecule has 0 fully saturated rings. The molecule has 1 amide bonds. The topological polar surface area (TPSA) is 72.7 Å². The first-order valence-corrected chi connectivity index (χ1v) is 8.26. The fourth-order valence-electron chi connectivity index (χ4n) is 2.99. The molecule has 0 aliphatic heterocycles. The molecule has 4 rings (SSSR count). The first-order chi connectivity index (χ1) is 12.7. The SMILES string of the molecule is Cn1cc2c(C(=O)NC(c3cccnc3)c3ccccn3)cccc2n1. The van der Waals surface area contributed by atoms with Crippen molar-refractivity contribution in [3.05, 3.63) is 90.1 Å². The first kappa shape index (κ1) is 16.0. The molecule has 6 heteroatoms. The molecule has 6 nitrogen and oxygen atoms in total. The van der Waals surface area contributed by atoms with Crippen LogP contribution in [0.3, 0.4) is 0 Å². The van der Waals surface area contributed by atoms with E-state index in [1.54, 1.807) is 29.3 Å². The van der Waals surface area contributed by atoms with Gasteiger partial charge in [-0.15, -0.1) is 0 Å². The van der Waals surface area contributed by atoms with Gasteiger partial charge >= 0.3 is 0 Å². The Hall–Kier alpha value is -3.54. The van der Waals surface area contributed by atoms with Crippen LogP contribution >= 0.6 is 0 Å². The summed E-state index contributed by atoms with van der Waals surface area (Å²) < 4.78 is 1.71. The van der Waals surface area contributed by atoms with Crippen molar-refractivity contribution in [3.8, 4) is 0 Å². The van der Waals surface area contributed by atoms with Crippen LogP contribution in [-0.4, -0.2) is 25.7 Å². The van der Waals surface area contributed by atoms with Gasteiger partial charge in [0.05, 0.1) is 22.8 Å². The van der Waals surface area contributed by atoms with Crippen LogP contribution in [0.25, 0.3) is 10.9 Å². The van der Waals surface area contributed by atoms with E-state index in [1.165, 1.54) is 0 Å². The van der Waals surface area contributed by atoms with Crippen molar-refractivity contribution in [3.63, 3.8) is 0 Å². The molecule has 1 aromatic carbocycles. The number of nitrogens with one attached hydrogen (secondary N) is 1. The fourth-order valence-corrected chi connectivity index (χ4v) is 2.99. The number of fused-ring (bicyclic) bond motifs is 1. The molecular formula is C20H17N5O. The molecule has 1 unspecified atom stereocenters. The minimum atomic E-state index is -0.385. The van der Waals surface area contributed by atoms with Gasteiger partial charge in [-0.2, -0.15) is 5.10 Å². The largest absolute Gasteiger partial charge is 0.339 e. The van der Waals surface area contributed by atoms with Gasteiger partial charge in [0, 0.05) is 37.2 Å². The van der Waals surface area contributed by atoms with E-state index in [0.29, 0.717) is 5.56 Å². The molecule has 3 aromatic heterocycles. The number of carbonyl (C=O) groups excluding carboxylic acids is 1. The van der Waals surface area contributed by atoms with Crippen LogP contribution in [0.5, 0.6) is 0 Å². The third-order valence-electron chi connectivity index (χ3n) is 4.19. The summed E-state index contributed by atoms with van der Waals surface area (Å²) in [4.78, 5) is 21.6. The van der Waals surface area contributed by atoms with Crippen molar-refractivity contribution in [1.82, 2.24) is 25.1 Å². The summed E-state index contributed by atoms with van der Waals surface area (Å²) in [5.74, 6) is -0.178. The third kappa shape index (κ3) is 3.04. The molecule has 0 aliphatic rings. The van der Waals surface area contributed by atoms with Crippen molar-refractivity contribution in [1.29, 1.82) is 0 Å². The highest BCUT2D eigenvalue weighted by molar-refractivity contribution is 6.06. The lowest BCUT2D eigenvalue weighted by molar-refractivity contribution is 0.0944. The van der Waals surface area contributed by atoms with Crippen LogP contribution in [0.4, 0.5) is 0 Å². The zero-order valence-corrected chi connectivity index (χ0v) is 14.2. The van der Waals surface area contributed by atoms with Crippen molar-refractivity contribution < 1.29 is 4.79 Å². The third-order valence-corrected chi connectivity index (χ3v) is 4.19. The molecule has 128 valence electrons. The van der Waals surface area contributed by atoms with Crippen LogP contribution in [0, 0.1) is 0 Å². The average Bonchev–Trinajstić information content (AvgIpc) is 3.07. The van der Waals surface area contributed by atoms with Gasteiger partial charge in [0.15, 0.2) is 0 Å². The summed E-state index contributed by atoms with van der Waals surface area (Å²) in [6.45, 7) is 0. The molecule has 0 aliphatic carbocycles. The highest BCUT2D eigenvalue weighted by Gasteiger charge is 2.20. The van der Waals surface area contributed by atoms with E-state index in [0.717, 1.165) is 22.2 Å². The molecular weight excluding hydrogens is 326 g/mol. The molecule has 0 saturated heterocycles. The van der Waals surface area contributed by atoms with Gasteiger partial charge in [0.1, 0.15) is 0 Å². The molecule has 0 radical (unpaired) electrons. The molecule has 4 aromatic rings. The summed E-state index contributed by atoms with van der Waals surface area (Å²) in [5, 5.41) is 8.27. The van der Waals surface area contributed by atoms with E-state index in [4.69, 9.17) is 0 Å². The van der Waals surface area contributed by atoms with Crippen LogP contribution in [0.2, 0.25) is 0 Å². The van der Waals surface area contributed by atoms with Gasteiger partial charge in [-0.3, -0.25) is 19.4 Å². The number of rotatable bonds is 4. The Labute approximate surface area is 150 Å². The lowest BCUT2D eigenvalue weighted by Crippen LogP contribution is -2.30. The fraction of sp³-hybridized carbons (Fsp3) is 0.100. The zero-order valence-electron chi connectivity index (χ0n) is 14.2. The predicted octanol–water partition coefficient (Wildman–Crippen LogP) is 2.88. The van der Waals surface area contributed by atoms with Crippen molar-refractivity contribution in [2.75, 3.05) is 0 Å². The maximum Gasteiger partial charge on any atom is 0.252 e. The Balaban J connectivity index is 1.72. The van der Waals surface area contributed by atoms with Gasteiger partial charge in [-0.05, 0) is 35.9 Å². The zero-order chi connectivity index (χ0) is 17.9. The lowest BCUT2D eigenvalue weighted by Gasteiger charge is -2.18. The summed E-state index contributed by atoms with van der Waals surface area (Å²) in [7, 11) is 1.84. The highest BCUT2D eigenvalue weighted by atomic mass is 16.1. The van der Waals surface area contributed by atoms with E-state index in [2.05, 4.69) is 20.4 Å². The number of aryl methyl sites for hydroxylation is 1. The minimum Gasteiger partial charge on any atom is -0.339 e. The summed E-state index contributed by atoms with van der Waals surface area (Å²) in [6.07, 6.45) is 7.01. The smallest absolute Gasteiger partial charge is 0.252 e. The number of amides is 1. The molecule has 26 heavy (non-hydrogen) atoms. The monoisotopic (exact) mass is 343 g/mol.